The smallest absolute Gasteiger partial charge is 0.246 e. The Morgan fingerprint density at radius 1 is 1.04 bits per heavy atom. The predicted molar refractivity (Wildman–Crippen MR) is 100 cm³/mol. The van der Waals surface area contributed by atoms with Crippen LogP contribution in [-0.2, 0) is 4.79 Å². The lowest BCUT2D eigenvalue weighted by Gasteiger charge is -2.36. The Morgan fingerprint density at radius 3 is 2.42 bits per heavy atom. The molecule has 0 atom stereocenters. The van der Waals surface area contributed by atoms with Gasteiger partial charge in [0.05, 0.1) is 10.7 Å². The largest absolute Gasteiger partial charge is 0.399 e. The molecule has 1 saturated heterocycles. The van der Waals surface area contributed by atoms with Gasteiger partial charge >= 0.3 is 0 Å². The number of nitrogens with zero attached hydrogens (tertiary/aromatic N) is 2. The maximum Gasteiger partial charge on any atom is 0.246 e. The van der Waals surface area contributed by atoms with Gasteiger partial charge in [-0.1, -0.05) is 41.9 Å². The Labute approximate surface area is 147 Å². The van der Waals surface area contributed by atoms with E-state index in [1.165, 1.54) is 0 Å². The number of rotatable bonds is 3. The van der Waals surface area contributed by atoms with E-state index in [4.69, 9.17) is 17.3 Å². The molecule has 4 nitrogen and oxygen atoms in total. The topological polar surface area (TPSA) is 49.6 Å². The molecule has 2 N–H and O–H groups in total. The van der Waals surface area contributed by atoms with Crippen molar-refractivity contribution in [2.75, 3.05) is 36.8 Å². The molecular weight excluding hydrogens is 322 g/mol. The third kappa shape index (κ3) is 3.89. The van der Waals surface area contributed by atoms with Gasteiger partial charge in [-0.25, -0.2) is 0 Å². The fraction of sp³-hybridized carbons (Fsp3) is 0.211. The number of amides is 1. The Balaban J connectivity index is 1.58. The number of hydrogen-bond donors (Lipinski definition) is 1. The molecule has 5 heteroatoms. The third-order valence-corrected chi connectivity index (χ3v) is 4.42. The normalized spacial score (nSPS) is 15.0. The summed E-state index contributed by atoms with van der Waals surface area (Å²) in [4.78, 5) is 16.4. The summed E-state index contributed by atoms with van der Waals surface area (Å²) in [5.41, 5.74) is 8.39. The van der Waals surface area contributed by atoms with Gasteiger partial charge in [0.25, 0.3) is 0 Å². The highest BCUT2D eigenvalue weighted by Crippen LogP contribution is 2.28. The summed E-state index contributed by atoms with van der Waals surface area (Å²) in [6.07, 6.45) is 3.49. The van der Waals surface area contributed by atoms with Crippen LogP contribution in [0.3, 0.4) is 0 Å². The zero-order chi connectivity index (χ0) is 16.9. The summed E-state index contributed by atoms with van der Waals surface area (Å²) in [5, 5.41) is 0.652. The molecule has 0 unspecified atom stereocenters. The molecule has 0 saturated carbocycles. The number of hydrogen-bond acceptors (Lipinski definition) is 3. The molecular formula is C19H20ClN3O. The number of halogens is 1. The standard InChI is InChI=1S/C19H20ClN3O/c20-17-14-16(21)7-8-18(17)22-10-12-23(13-11-22)19(24)9-6-15-4-2-1-3-5-15/h1-9,14H,10-13,21H2/b9-6+. The Kier molecular flexibility index (Phi) is 5.06. The van der Waals surface area contributed by atoms with Gasteiger partial charge in [-0.2, -0.15) is 0 Å². The van der Waals surface area contributed by atoms with E-state index >= 15 is 0 Å². The number of carbonyl (C=O) groups is 1. The summed E-state index contributed by atoms with van der Waals surface area (Å²) in [7, 11) is 0. The van der Waals surface area contributed by atoms with Crippen molar-refractivity contribution in [3.8, 4) is 0 Å². The fourth-order valence-electron chi connectivity index (χ4n) is 2.78. The van der Waals surface area contributed by atoms with Crippen LogP contribution < -0.4 is 10.6 Å². The summed E-state index contributed by atoms with van der Waals surface area (Å²) >= 11 is 6.27. The average Bonchev–Trinajstić information content (AvgIpc) is 2.61. The summed E-state index contributed by atoms with van der Waals surface area (Å²) < 4.78 is 0. The van der Waals surface area contributed by atoms with Gasteiger partial charge in [0.15, 0.2) is 0 Å². The zero-order valence-electron chi connectivity index (χ0n) is 13.4. The van der Waals surface area contributed by atoms with Crippen LogP contribution in [0.5, 0.6) is 0 Å². The van der Waals surface area contributed by atoms with Crippen molar-refractivity contribution in [1.29, 1.82) is 0 Å². The molecule has 1 fully saturated rings. The molecule has 1 heterocycles. The fourth-order valence-corrected chi connectivity index (χ4v) is 3.09. The molecule has 0 aliphatic carbocycles. The molecule has 0 radical (unpaired) electrons. The van der Waals surface area contributed by atoms with Crippen LogP contribution in [0, 0.1) is 0 Å². The van der Waals surface area contributed by atoms with Crippen LogP contribution in [-0.4, -0.2) is 37.0 Å². The summed E-state index contributed by atoms with van der Waals surface area (Å²) in [5.74, 6) is 0.0434. The second-order valence-corrected chi connectivity index (χ2v) is 6.17. The quantitative estimate of drug-likeness (QED) is 0.688. The highest BCUT2D eigenvalue weighted by molar-refractivity contribution is 6.33. The molecule has 1 amide bonds. The van der Waals surface area contributed by atoms with Crippen LogP contribution in [0.1, 0.15) is 5.56 Å². The van der Waals surface area contributed by atoms with Gasteiger partial charge in [-0.3, -0.25) is 4.79 Å². The second kappa shape index (κ2) is 7.41. The number of carbonyl (C=O) groups excluding carboxylic acids is 1. The molecule has 124 valence electrons. The lowest BCUT2D eigenvalue weighted by atomic mass is 10.2. The van der Waals surface area contributed by atoms with E-state index in [1.807, 2.05) is 53.4 Å². The summed E-state index contributed by atoms with van der Waals surface area (Å²) in [6, 6.07) is 15.4. The van der Waals surface area contributed by atoms with E-state index in [0.29, 0.717) is 23.8 Å². The van der Waals surface area contributed by atoms with E-state index in [2.05, 4.69) is 4.90 Å². The molecule has 0 bridgehead atoms. The van der Waals surface area contributed by atoms with E-state index in [9.17, 15) is 4.79 Å². The number of anilines is 2. The van der Waals surface area contributed by atoms with Gasteiger partial charge in [-0.15, -0.1) is 0 Å². The molecule has 1 aliphatic rings. The van der Waals surface area contributed by atoms with Crippen LogP contribution >= 0.6 is 11.6 Å². The minimum absolute atomic E-state index is 0.0434. The SMILES string of the molecule is Nc1ccc(N2CCN(C(=O)/C=C/c3ccccc3)CC2)c(Cl)c1. The molecule has 0 aromatic heterocycles. The van der Waals surface area contributed by atoms with E-state index < -0.39 is 0 Å². The molecule has 0 spiro atoms. The molecule has 24 heavy (non-hydrogen) atoms. The molecule has 1 aliphatic heterocycles. The molecule has 3 rings (SSSR count). The van der Waals surface area contributed by atoms with Crippen LogP contribution in [0.25, 0.3) is 6.08 Å². The van der Waals surface area contributed by atoms with Crippen LogP contribution in [0.2, 0.25) is 5.02 Å². The highest BCUT2D eigenvalue weighted by Gasteiger charge is 2.21. The van der Waals surface area contributed by atoms with Crippen LogP contribution in [0.15, 0.2) is 54.6 Å². The Hall–Kier alpha value is -2.46. The van der Waals surface area contributed by atoms with Crippen molar-refractivity contribution in [3.05, 3.63) is 65.2 Å². The van der Waals surface area contributed by atoms with Gasteiger partial charge in [-0.05, 0) is 29.8 Å². The number of benzene rings is 2. The van der Waals surface area contributed by atoms with Gasteiger partial charge in [0, 0.05) is 37.9 Å². The highest BCUT2D eigenvalue weighted by atomic mass is 35.5. The Morgan fingerprint density at radius 2 is 1.75 bits per heavy atom. The van der Waals surface area contributed by atoms with Crippen molar-refractivity contribution in [3.63, 3.8) is 0 Å². The zero-order valence-corrected chi connectivity index (χ0v) is 14.1. The van der Waals surface area contributed by atoms with E-state index in [-0.39, 0.29) is 5.91 Å². The first-order valence-corrected chi connectivity index (χ1v) is 8.33. The van der Waals surface area contributed by atoms with Crippen molar-refractivity contribution in [2.45, 2.75) is 0 Å². The van der Waals surface area contributed by atoms with Gasteiger partial charge < -0.3 is 15.5 Å². The number of nitrogen functional groups attached to an aromatic ring is 1. The van der Waals surface area contributed by atoms with Gasteiger partial charge in [0.1, 0.15) is 0 Å². The molecule has 2 aromatic rings. The third-order valence-electron chi connectivity index (χ3n) is 4.12. The minimum Gasteiger partial charge on any atom is -0.399 e. The maximum absolute atomic E-state index is 12.3. The van der Waals surface area contributed by atoms with E-state index in [0.717, 1.165) is 24.3 Å². The average molecular weight is 342 g/mol. The number of nitrogens with two attached hydrogens (primary N) is 1. The Bertz CT molecular complexity index is 738. The maximum atomic E-state index is 12.3. The minimum atomic E-state index is 0.0434. The first kappa shape index (κ1) is 16.4. The first-order chi connectivity index (χ1) is 11.6. The second-order valence-electron chi connectivity index (χ2n) is 5.77. The first-order valence-electron chi connectivity index (χ1n) is 7.95. The lowest BCUT2D eigenvalue weighted by molar-refractivity contribution is -0.126. The van der Waals surface area contributed by atoms with Crippen molar-refractivity contribution in [2.24, 2.45) is 0 Å². The number of piperazine rings is 1. The van der Waals surface area contributed by atoms with Crippen molar-refractivity contribution < 1.29 is 4.79 Å². The van der Waals surface area contributed by atoms with Crippen molar-refractivity contribution >= 4 is 35.0 Å². The van der Waals surface area contributed by atoms with Crippen molar-refractivity contribution in [1.82, 2.24) is 4.90 Å². The van der Waals surface area contributed by atoms with Crippen LogP contribution in [0.4, 0.5) is 11.4 Å². The predicted octanol–water partition coefficient (Wildman–Crippen LogP) is 3.28. The monoisotopic (exact) mass is 341 g/mol. The lowest BCUT2D eigenvalue weighted by Crippen LogP contribution is -2.48. The molecule has 2 aromatic carbocycles. The van der Waals surface area contributed by atoms with Gasteiger partial charge in [0.2, 0.25) is 5.91 Å². The summed E-state index contributed by atoms with van der Waals surface area (Å²) in [6.45, 7) is 2.88. The van der Waals surface area contributed by atoms with E-state index in [1.54, 1.807) is 12.1 Å².